The van der Waals surface area contributed by atoms with Crippen molar-refractivity contribution in [1.29, 1.82) is 0 Å². The molecule has 1 saturated carbocycles. The minimum absolute atomic E-state index is 0.0212. The van der Waals surface area contributed by atoms with E-state index in [1.165, 1.54) is 30.5 Å². The van der Waals surface area contributed by atoms with Crippen molar-refractivity contribution in [3.63, 3.8) is 0 Å². The van der Waals surface area contributed by atoms with Crippen molar-refractivity contribution >= 4 is 52.5 Å². The number of phenols is 1. The van der Waals surface area contributed by atoms with E-state index >= 15 is 0 Å². The topological polar surface area (TPSA) is 113 Å². The number of halogens is 3. The van der Waals surface area contributed by atoms with Gasteiger partial charge in [0.05, 0.1) is 23.8 Å². The van der Waals surface area contributed by atoms with Gasteiger partial charge in [-0.05, 0) is 66.8 Å². The van der Waals surface area contributed by atoms with Crippen molar-refractivity contribution in [1.82, 2.24) is 5.32 Å². The molecule has 5 aliphatic rings. The van der Waals surface area contributed by atoms with Crippen molar-refractivity contribution in [2.45, 2.75) is 29.0 Å². The first-order valence-corrected chi connectivity index (χ1v) is 13.5. The second-order valence-electron chi connectivity index (χ2n) is 10.9. The number of carbonyl (C=O) groups is 4. The first kappa shape index (κ1) is 25.3. The van der Waals surface area contributed by atoms with Gasteiger partial charge in [-0.25, -0.2) is 9.29 Å². The summed E-state index contributed by atoms with van der Waals surface area (Å²) in [4.78, 5) is 50.7. The number of anilines is 1. The third-order valence-corrected chi connectivity index (χ3v) is 10.3. The lowest BCUT2D eigenvalue weighted by atomic mass is 9.56. The Balaban J connectivity index is 1.41. The number of benzene rings is 2. The molecule has 2 N–H and O–H groups in total. The van der Waals surface area contributed by atoms with E-state index in [2.05, 4.69) is 5.32 Å². The summed E-state index contributed by atoms with van der Waals surface area (Å²) in [5.41, 5.74) is 1.91. The van der Waals surface area contributed by atoms with E-state index in [1.54, 1.807) is 6.07 Å². The number of alkyl halides is 2. The molecule has 11 heteroatoms. The summed E-state index contributed by atoms with van der Waals surface area (Å²) >= 11 is 14.5. The second-order valence-corrected chi connectivity index (χ2v) is 12.1. The van der Waals surface area contributed by atoms with E-state index in [-0.39, 0.29) is 36.6 Å². The fourth-order valence-electron chi connectivity index (χ4n) is 7.12. The lowest BCUT2D eigenvalue weighted by Gasteiger charge is -2.51. The van der Waals surface area contributed by atoms with E-state index in [0.717, 1.165) is 17.0 Å². The number of amides is 4. The van der Waals surface area contributed by atoms with E-state index in [0.29, 0.717) is 22.5 Å². The van der Waals surface area contributed by atoms with Crippen LogP contribution in [-0.4, -0.2) is 38.5 Å². The molecule has 0 spiro atoms. The Kier molecular flexibility index (Phi) is 5.32. The number of aromatic hydroxyl groups is 1. The van der Waals surface area contributed by atoms with Crippen LogP contribution in [0, 0.1) is 29.5 Å². The van der Waals surface area contributed by atoms with Crippen LogP contribution in [0.4, 0.5) is 10.1 Å². The lowest BCUT2D eigenvalue weighted by Crippen LogP contribution is -2.61. The van der Waals surface area contributed by atoms with E-state index < -0.39 is 57.0 Å². The van der Waals surface area contributed by atoms with Crippen LogP contribution in [0.5, 0.6) is 11.5 Å². The van der Waals surface area contributed by atoms with Crippen LogP contribution in [0.1, 0.15) is 18.4 Å². The summed E-state index contributed by atoms with van der Waals surface area (Å²) in [5, 5.41) is 12.5. The van der Waals surface area contributed by atoms with Gasteiger partial charge < -0.3 is 9.84 Å². The highest BCUT2D eigenvalue weighted by atomic mass is 35.5. The predicted molar refractivity (Wildman–Crippen MR) is 141 cm³/mol. The average molecular weight is 583 g/mol. The van der Waals surface area contributed by atoms with Crippen molar-refractivity contribution in [3.05, 3.63) is 77.3 Å². The van der Waals surface area contributed by atoms with Crippen LogP contribution in [0.2, 0.25) is 0 Å². The third kappa shape index (κ3) is 3.19. The molecule has 40 heavy (non-hydrogen) atoms. The highest BCUT2D eigenvalue weighted by Crippen LogP contribution is 2.64. The maximum absolute atomic E-state index is 14.3. The van der Waals surface area contributed by atoms with Gasteiger partial charge in [0.1, 0.15) is 17.3 Å². The van der Waals surface area contributed by atoms with E-state index in [1.807, 2.05) is 6.08 Å². The standard InChI is InChI=1S/C29H21Cl2FN2O6/c30-28-11-20-18(6-7-19-22(20)25(37)33-24(19)36)23(14-9-13-10-17(35)5-8-21(13)40-12-14)29(28,31)27(39)34(26(28)38)16-3-1-15(32)2-4-16/h1-6,8,10,12,19-20,22-23,35H,7,9,11H2,(H,33,36,37). The number of phenolic OH excluding ortho intramolecular Hbond substituents is 1. The Labute approximate surface area is 237 Å². The molecular weight excluding hydrogens is 562 g/mol. The summed E-state index contributed by atoms with van der Waals surface area (Å²) in [6.07, 6.45) is 3.61. The maximum Gasteiger partial charge on any atom is 0.258 e. The van der Waals surface area contributed by atoms with Crippen LogP contribution < -0.4 is 15.0 Å². The molecule has 2 saturated heterocycles. The molecule has 6 atom stereocenters. The van der Waals surface area contributed by atoms with Gasteiger partial charge in [0, 0.05) is 17.9 Å². The second kappa shape index (κ2) is 8.41. The molecule has 2 aromatic rings. The van der Waals surface area contributed by atoms with Crippen LogP contribution in [0.15, 0.2) is 65.9 Å². The summed E-state index contributed by atoms with van der Waals surface area (Å²) < 4.78 is 19.6. The number of nitrogens with one attached hydrogen (secondary N) is 1. The van der Waals surface area contributed by atoms with Gasteiger partial charge in [0.2, 0.25) is 11.8 Å². The molecular formula is C29H21Cl2FN2O6. The van der Waals surface area contributed by atoms with Crippen LogP contribution in [0.25, 0.3) is 0 Å². The highest BCUT2D eigenvalue weighted by Gasteiger charge is 2.76. The molecule has 7 rings (SSSR count). The molecule has 4 amide bonds. The molecule has 0 aromatic heterocycles. The molecule has 0 bridgehead atoms. The third-order valence-electron chi connectivity index (χ3n) is 8.89. The SMILES string of the molecule is O=C1NC(=O)C2C1CC=C1C2CC2(Cl)C(=O)N(c3ccc(F)cc3)C(=O)C2(Cl)C1C1=COc2ccc(O)cc2C1. The minimum Gasteiger partial charge on any atom is -0.508 e. The van der Waals surface area contributed by atoms with Crippen molar-refractivity contribution in [2.24, 2.45) is 23.7 Å². The van der Waals surface area contributed by atoms with Crippen LogP contribution in [0.3, 0.4) is 0 Å². The van der Waals surface area contributed by atoms with Crippen molar-refractivity contribution < 1.29 is 33.4 Å². The van der Waals surface area contributed by atoms with Gasteiger partial charge in [-0.1, -0.05) is 11.6 Å². The fourth-order valence-corrected chi connectivity index (χ4v) is 8.07. The number of hydrogen-bond acceptors (Lipinski definition) is 6. The van der Waals surface area contributed by atoms with E-state index in [4.69, 9.17) is 27.9 Å². The fraction of sp³-hybridized carbons (Fsp3) is 0.310. The molecule has 3 aliphatic heterocycles. The Bertz CT molecular complexity index is 1610. The number of fused-ring (bicyclic) bond motifs is 5. The summed E-state index contributed by atoms with van der Waals surface area (Å²) in [6.45, 7) is 0. The highest BCUT2D eigenvalue weighted by molar-refractivity contribution is 6.58. The number of carbonyl (C=O) groups excluding carboxylic acids is 4. The zero-order valence-electron chi connectivity index (χ0n) is 20.7. The smallest absolute Gasteiger partial charge is 0.258 e. The summed E-state index contributed by atoms with van der Waals surface area (Å²) in [6, 6.07) is 9.48. The number of hydrogen-bond donors (Lipinski definition) is 2. The Morgan fingerprint density at radius 3 is 2.50 bits per heavy atom. The quantitative estimate of drug-likeness (QED) is 0.317. The van der Waals surface area contributed by atoms with Crippen LogP contribution in [-0.2, 0) is 25.6 Å². The molecule has 2 aliphatic carbocycles. The molecule has 0 radical (unpaired) electrons. The van der Waals surface area contributed by atoms with Gasteiger partial charge in [-0.15, -0.1) is 23.2 Å². The van der Waals surface area contributed by atoms with Gasteiger partial charge in [-0.2, -0.15) is 0 Å². The summed E-state index contributed by atoms with van der Waals surface area (Å²) in [7, 11) is 0. The Morgan fingerprint density at radius 2 is 1.75 bits per heavy atom. The average Bonchev–Trinajstić information content (AvgIpc) is 3.30. The molecule has 2 aromatic carbocycles. The van der Waals surface area contributed by atoms with E-state index in [9.17, 15) is 28.7 Å². The van der Waals surface area contributed by atoms with Gasteiger partial charge in [-0.3, -0.25) is 24.5 Å². The van der Waals surface area contributed by atoms with Crippen molar-refractivity contribution in [2.75, 3.05) is 4.90 Å². The first-order chi connectivity index (χ1) is 19.0. The normalized spacial score (nSPS) is 34.2. The number of imide groups is 2. The number of allylic oxidation sites excluding steroid dienone is 3. The van der Waals surface area contributed by atoms with Crippen molar-refractivity contribution in [3.8, 4) is 11.5 Å². The molecule has 6 unspecified atom stereocenters. The molecule has 3 heterocycles. The number of nitrogens with zero attached hydrogens (tertiary/aromatic N) is 1. The number of ether oxygens (including phenoxy) is 1. The zero-order chi connectivity index (χ0) is 28.1. The van der Waals surface area contributed by atoms with Gasteiger partial charge in [0.15, 0.2) is 9.75 Å². The largest absolute Gasteiger partial charge is 0.508 e. The minimum atomic E-state index is -2.03. The molecule has 8 nitrogen and oxygen atoms in total. The molecule has 3 fully saturated rings. The molecule has 204 valence electrons. The van der Waals surface area contributed by atoms with Gasteiger partial charge >= 0.3 is 0 Å². The Hall–Kier alpha value is -3.69. The predicted octanol–water partition coefficient (Wildman–Crippen LogP) is 3.73. The summed E-state index contributed by atoms with van der Waals surface area (Å²) in [5.74, 6) is -5.47. The van der Waals surface area contributed by atoms with Crippen LogP contribution >= 0.6 is 23.2 Å². The monoisotopic (exact) mass is 582 g/mol. The Morgan fingerprint density at radius 1 is 1.00 bits per heavy atom. The lowest BCUT2D eigenvalue weighted by molar-refractivity contribution is -0.127. The van der Waals surface area contributed by atoms with Gasteiger partial charge in [0.25, 0.3) is 11.8 Å². The first-order valence-electron chi connectivity index (χ1n) is 12.8. The number of rotatable bonds is 2. The maximum atomic E-state index is 14.3. The zero-order valence-corrected chi connectivity index (χ0v) is 22.2.